The highest BCUT2D eigenvalue weighted by atomic mass is 32.2. The molecule has 0 bridgehead atoms. The van der Waals surface area contributed by atoms with Crippen LogP contribution in [0.3, 0.4) is 0 Å². The number of hydrogen-bond acceptors (Lipinski definition) is 5. The zero-order valence-electron chi connectivity index (χ0n) is 17.1. The van der Waals surface area contributed by atoms with E-state index >= 15 is 0 Å². The second-order valence-electron chi connectivity index (χ2n) is 7.46. The molecular formula is C21H26N2O5S. The van der Waals surface area contributed by atoms with Crippen LogP contribution in [0, 0.1) is 20.8 Å². The standard InChI is InChI=1S/C21H26N2O5S/c1-14-7-9-17(10-8-14)29(26,27)23-11-5-6-19(23)21(25)28-13-20(24)18-12-15(2)22(4)16(18)3/h7-10,12,19H,5-6,11,13H2,1-4H3/t19-/m0/s1. The first-order valence-corrected chi connectivity index (χ1v) is 11.0. The summed E-state index contributed by atoms with van der Waals surface area (Å²) in [5, 5.41) is 0. The van der Waals surface area contributed by atoms with Crippen LogP contribution in [0.25, 0.3) is 0 Å². The number of ether oxygens (including phenoxy) is 1. The first-order valence-electron chi connectivity index (χ1n) is 9.54. The number of benzene rings is 1. The average molecular weight is 419 g/mol. The van der Waals surface area contributed by atoms with E-state index in [0.29, 0.717) is 18.4 Å². The highest BCUT2D eigenvalue weighted by molar-refractivity contribution is 7.89. The van der Waals surface area contributed by atoms with Crippen molar-refractivity contribution in [1.29, 1.82) is 0 Å². The summed E-state index contributed by atoms with van der Waals surface area (Å²) in [5.74, 6) is -0.984. The Morgan fingerprint density at radius 3 is 2.38 bits per heavy atom. The maximum absolute atomic E-state index is 13.0. The fourth-order valence-electron chi connectivity index (χ4n) is 3.56. The van der Waals surface area contributed by atoms with E-state index in [1.807, 2.05) is 32.4 Å². The van der Waals surface area contributed by atoms with Crippen molar-refractivity contribution < 1.29 is 22.7 Å². The number of aromatic nitrogens is 1. The van der Waals surface area contributed by atoms with Gasteiger partial charge in [-0.1, -0.05) is 17.7 Å². The summed E-state index contributed by atoms with van der Waals surface area (Å²) in [7, 11) is -1.94. The second-order valence-corrected chi connectivity index (χ2v) is 9.35. The van der Waals surface area contributed by atoms with Crippen molar-refractivity contribution >= 4 is 21.8 Å². The van der Waals surface area contributed by atoms with Gasteiger partial charge in [0.25, 0.3) is 0 Å². The van der Waals surface area contributed by atoms with Gasteiger partial charge < -0.3 is 9.30 Å². The van der Waals surface area contributed by atoms with Crippen LogP contribution >= 0.6 is 0 Å². The molecular weight excluding hydrogens is 392 g/mol. The Kier molecular flexibility index (Phi) is 5.95. The topological polar surface area (TPSA) is 85.7 Å². The lowest BCUT2D eigenvalue weighted by molar-refractivity contribution is -0.146. The highest BCUT2D eigenvalue weighted by Gasteiger charge is 2.40. The van der Waals surface area contributed by atoms with Gasteiger partial charge in [0.2, 0.25) is 15.8 Å². The van der Waals surface area contributed by atoms with E-state index in [1.54, 1.807) is 18.2 Å². The summed E-state index contributed by atoms with van der Waals surface area (Å²) in [6.45, 7) is 5.44. The number of carbonyl (C=O) groups is 2. The molecule has 0 spiro atoms. The molecule has 8 heteroatoms. The highest BCUT2D eigenvalue weighted by Crippen LogP contribution is 2.27. The van der Waals surface area contributed by atoms with E-state index in [2.05, 4.69) is 0 Å². The van der Waals surface area contributed by atoms with E-state index in [-0.39, 0.29) is 17.2 Å². The van der Waals surface area contributed by atoms with Crippen LogP contribution in [0.2, 0.25) is 0 Å². The average Bonchev–Trinajstić information content (AvgIpc) is 3.28. The van der Waals surface area contributed by atoms with Crippen molar-refractivity contribution in [3.63, 3.8) is 0 Å². The fourth-order valence-corrected chi connectivity index (χ4v) is 5.20. The Balaban J connectivity index is 1.70. The van der Waals surface area contributed by atoms with Gasteiger partial charge >= 0.3 is 5.97 Å². The lowest BCUT2D eigenvalue weighted by Gasteiger charge is -2.22. The van der Waals surface area contributed by atoms with E-state index < -0.39 is 28.6 Å². The first-order chi connectivity index (χ1) is 13.6. The summed E-state index contributed by atoms with van der Waals surface area (Å²) >= 11 is 0. The predicted octanol–water partition coefficient (Wildman–Crippen LogP) is 2.53. The molecule has 0 N–H and O–H groups in total. The normalized spacial score (nSPS) is 17.4. The number of rotatable bonds is 6. The molecule has 3 rings (SSSR count). The molecule has 1 fully saturated rings. The molecule has 156 valence electrons. The largest absolute Gasteiger partial charge is 0.456 e. The third-order valence-corrected chi connectivity index (χ3v) is 7.45. The maximum Gasteiger partial charge on any atom is 0.324 e. The maximum atomic E-state index is 13.0. The number of aryl methyl sites for hydroxylation is 2. The predicted molar refractivity (Wildman–Crippen MR) is 108 cm³/mol. The molecule has 7 nitrogen and oxygen atoms in total. The van der Waals surface area contributed by atoms with Crippen LogP contribution in [-0.2, 0) is 26.6 Å². The molecule has 1 aliphatic rings. The summed E-state index contributed by atoms with van der Waals surface area (Å²) in [6, 6.07) is 7.37. The molecule has 0 radical (unpaired) electrons. The molecule has 29 heavy (non-hydrogen) atoms. The molecule has 1 aromatic heterocycles. The van der Waals surface area contributed by atoms with Gasteiger partial charge in [0.05, 0.1) is 4.90 Å². The van der Waals surface area contributed by atoms with Gasteiger partial charge in [0.15, 0.2) is 6.61 Å². The van der Waals surface area contributed by atoms with E-state index in [1.165, 1.54) is 16.4 Å². The lowest BCUT2D eigenvalue weighted by Crippen LogP contribution is -2.41. The van der Waals surface area contributed by atoms with Crippen molar-refractivity contribution in [3.8, 4) is 0 Å². The van der Waals surface area contributed by atoms with Gasteiger partial charge in [0.1, 0.15) is 6.04 Å². The molecule has 1 atom stereocenters. The van der Waals surface area contributed by atoms with E-state index in [4.69, 9.17) is 4.74 Å². The Bertz CT molecular complexity index is 1040. The van der Waals surface area contributed by atoms with Crippen LogP contribution in [0.1, 0.15) is 40.2 Å². The Morgan fingerprint density at radius 1 is 1.14 bits per heavy atom. The van der Waals surface area contributed by atoms with Gasteiger partial charge in [-0.05, 0) is 51.8 Å². The minimum atomic E-state index is -3.81. The van der Waals surface area contributed by atoms with Crippen molar-refractivity contribution in [2.75, 3.05) is 13.2 Å². The number of nitrogens with zero attached hydrogens (tertiary/aromatic N) is 2. The monoisotopic (exact) mass is 418 g/mol. The summed E-state index contributed by atoms with van der Waals surface area (Å²) in [5.41, 5.74) is 3.19. The second kappa shape index (κ2) is 8.12. The molecule has 0 amide bonds. The summed E-state index contributed by atoms with van der Waals surface area (Å²) in [4.78, 5) is 25.2. The van der Waals surface area contributed by atoms with Gasteiger partial charge in [-0.3, -0.25) is 9.59 Å². The van der Waals surface area contributed by atoms with Crippen LogP contribution in [-0.4, -0.2) is 48.2 Å². The van der Waals surface area contributed by atoms with Gasteiger partial charge in [-0.15, -0.1) is 0 Å². The number of sulfonamides is 1. The quantitative estimate of drug-likeness (QED) is 0.532. The van der Waals surface area contributed by atoms with Crippen LogP contribution < -0.4 is 0 Å². The van der Waals surface area contributed by atoms with E-state index in [9.17, 15) is 18.0 Å². The van der Waals surface area contributed by atoms with Crippen molar-refractivity contribution in [2.45, 2.75) is 44.6 Å². The molecule has 2 aromatic rings. The Morgan fingerprint density at radius 2 is 1.79 bits per heavy atom. The van der Waals surface area contributed by atoms with Crippen molar-refractivity contribution in [1.82, 2.24) is 8.87 Å². The minimum Gasteiger partial charge on any atom is -0.456 e. The number of ketones is 1. The van der Waals surface area contributed by atoms with Crippen molar-refractivity contribution in [2.24, 2.45) is 7.05 Å². The van der Waals surface area contributed by atoms with Gasteiger partial charge in [-0.2, -0.15) is 4.31 Å². The first kappa shape index (κ1) is 21.3. The van der Waals surface area contributed by atoms with Crippen LogP contribution in [0.5, 0.6) is 0 Å². The minimum absolute atomic E-state index is 0.147. The molecule has 0 saturated carbocycles. The number of carbonyl (C=O) groups excluding carboxylic acids is 2. The van der Waals surface area contributed by atoms with Crippen LogP contribution in [0.15, 0.2) is 35.2 Å². The SMILES string of the molecule is Cc1ccc(S(=O)(=O)N2CCC[C@H]2C(=O)OCC(=O)c2cc(C)n(C)c2C)cc1. The molecule has 0 unspecified atom stereocenters. The molecule has 0 aliphatic carbocycles. The zero-order chi connectivity index (χ0) is 21.3. The fraction of sp³-hybridized carbons (Fsp3) is 0.429. The van der Waals surface area contributed by atoms with E-state index in [0.717, 1.165) is 17.0 Å². The van der Waals surface area contributed by atoms with Crippen molar-refractivity contribution in [3.05, 3.63) is 52.8 Å². The number of esters is 1. The third kappa shape index (κ3) is 4.13. The molecule has 1 aliphatic heterocycles. The smallest absolute Gasteiger partial charge is 0.324 e. The zero-order valence-corrected chi connectivity index (χ0v) is 18.0. The Hall–Kier alpha value is -2.45. The Labute approximate surface area is 171 Å². The third-order valence-electron chi connectivity index (χ3n) is 5.52. The molecule has 1 saturated heterocycles. The number of hydrogen-bond donors (Lipinski definition) is 0. The summed E-state index contributed by atoms with van der Waals surface area (Å²) < 4.78 is 34.2. The number of Topliss-reactive ketones (excluding diaryl/α,β-unsaturated/α-hetero) is 1. The van der Waals surface area contributed by atoms with Crippen LogP contribution in [0.4, 0.5) is 0 Å². The lowest BCUT2D eigenvalue weighted by atomic mass is 10.1. The van der Waals surface area contributed by atoms with Gasteiger partial charge in [-0.25, -0.2) is 8.42 Å². The van der Waals surface area contributed by atoms with Gasteiger partial charge in [0, 0.05) is 30.5 Å². The molecule has 1 aromatic carbocycles. The molecule has 2 heterocycles. The summed E-state index contributed by atoms with van der Waals surface area (Å²) in [6.07, 6.45) is 0.942.